The van der Waals surface area contributed by atoms with Gasteiger partial charge in [0.15, 0.2) is 4.80 Å². The van der Waals surface area contributed by atoms with Gasteiger partial charge in [-0.3, -0.25) is 24.3 Å². The van der Waals surface area contributed by atoms with Crippen LogP contribution in [-0.4, -0.2) is 22.0 Å². The number of hydrogen-bond donors (Lipinski definition) is 1. The normalized spacial score (nSPS) is 14.6. The minimum Gasteiger partial charge on any atom is -0.494 e. The Labute approximate surface area is 265 Å². The number of carbonyl (C=O) groups is 1. The lowest BCUT2D eigenvalue weighted by atomic mass is 9.95. The van der Waals surface area contributed by atoms with Crippen LogP contribution in [0.1, 0.15) is 31.2 Å². The fraction of sp³-hybridized carbons (Fsp3) is 0.121. The largest absolute Gasteiger partial charge is 0.494 e. The van der Waals surface area contributed by atoms with Crippen LogP contribution in [0.5, 0.6) is 5.75 Å². The van der Waals surface area contributed by atoms with Gasteiger partial charge in [-0.15, -0.1) is 0 Å². The lowest BCUT2D eigenvalue weighted by molar-refractivity contribution is -0.384. The Balaban J connectivity index is 1.44. The molecule has 1 aliphatic rings. The molecule has 0 spiro atoms. The van der Waals surface area contributed by atoms with Crippen molar-refractivity contribution in [2.24, 2.45) is 4.99 Å². The van der Waals surface area contributed by atoms with Crippen LogP contribution in [0, 0.1) is 10.1 Å². The van der Waals surface area contributed by atoms with Crippen molar-refractivity contribution in [3.8, 4) is 17.1 Å². The van der Waals surface area contributed by atoms with Gasteiger partial charge in [-0.1, -0.05) is 53.3 Å². The number of amides is 1. The van der Waals surface area contributed by atoms with Crippen molar-refractivity contribution < 1.29 is 18.9 Å². The van der Waals surface area contributed by atoms with E-state index in [0.717, 1.165) is 11.3 Å². The van der Waals surface area contributed by atoms with Gasteiger partial charge in [0.2, 0.25) is 0 Å². The van der Waals surface area contributed by atoms with Gasteiger partial charge in [0.05, 0.1) is 38.9 Å². The van der Waals surface area contributed by atoms with Crippen LogP contribution in [-0.2, 0) is 4.79 Å². The van der Waals surface area contributed by atoms with Crippen LogP contribution in [0.2, 0.25) is 5.02 Å². The predicted octanol–water partition coefficient (Wildman–Crippen LogP) is 6.09. The van der Waals surface area contributed by atoms with Crippen molar-refractivity contribution >= 4 is 46.3 Å². The molecule has 3 aromatic carbocycles. The highest BCUT2D eigenvalue weighted by Crippen LogP contribution is 2.34. The van der Waals surface area contributed by atoms with Gasteiger partial charge >= 0.3 is 0 Å². The first-order chi connectivity index (χ1) is 21.7. The van der Waals surface area contributed by atoms with E-state index >= 15 is 0 Å². The molecule has 3 heterocycles. The Bertz CT molecular complexity index is 2150. The second-order valence-corrected chi connectivity index (χ2v) is 11.5. The van der Waals surface area contributed by atoms with Crippen LogP contribution in [0.3, 0.4) is 0 Å². The summed E-state index contributed by atoms with van der Waals surface area (Å²) in [6, 6.07) is 23.1. The van der Waals surface area contributed by atoms with Gasteiger partial charge in [-0.25, -0.2) is 4.99 Å². The third-order valence-electron chi connectivity index (χ3n) is 7.13. The molecule has 0 fully saturated rings. The number of ether oxygens (including phenoxy) is 1. The Morgan fingerprint density at radius 2 is 1.89 bits per heavy atom. The molecule has 0 radical (unpaired) electrons. The van der Waals surface area contributed by atoms with E-state index in [4.69, 9.17) is 20.8 Å². The molecule has 0 aliphatic carbocycles. The number of benzene rings is 3. The van der Waals surface area contributed by atoms with Gasteiger partial charge in [0.1, 0.15) is 17.3 Å². The van der Waals surface area contributed by atoms with Crippen molar-refractivity contribution in [1.82, 2.24) is 4.57 Å². The van der Waals surface area contributed by atoms with Gasteiger partial charge < -0.3 is 14.5 Å². The number of anilines is 1. The molecule has 0 bridgehead atoms. The Kier molecular flexibility index (Phi) is 8.20. The van der Waals surface area contributed by atoms with E-state index in [0.29, 0.717) is 50.0 Å². The molecule has 6 rings (SSSR count). The maximum absolute atomic E-state index is 14.0. The lowest BCUT2D eigenvalue weighted by Gasteiger charge is -2.25. The molecule has 10 nitrogen and oxygen atoms in total. The SMILES string of the molecule is CCOc1ccc([C@H]2C(C(=O)Nc3ccccc3)=C(C)N=c3s/c(=C\c4ccc(-c5ccc(Cl)cc5[N+](=O)[O-])o4)c(=O)n32)cc1. The second kappa shape index (κ2) is 12.4. The number of nitro benzene ring substituents is 1. The average Bonchev–Trinajstić information content (AvgIpc) is 3.61. The van der Waals surface area contributed by atoms with Crippen LogP contribution < -0.4 is 24.9 Å². The van der Waals surface area contributed by atoms with Gasteiger partial charge in [-0.2, -0.15) is 0 Å². The number of nitrogens with one attached hydrogen (secondary N) is 1. The number of thiazole rings is 1. The van der Waals surface area contributed by atoms with Crippen LogP contribution in [0.15, 0.2) is 110 Å². The molecule has 12 heteroatoms. The van der Waals surface area contributed by atoms with E-state index < -0.39 is 11.0 Å². The number of carbonyl (C=O) groups excluding carboxylic acids is 1. The molecule has 45 heavy (non-hydrogen) atoms. The summed E-state index contributed by atoms with van der Waals surface area (Å²) in [4.78, 5) is 43.9. The molecule has 1 N–H and O–H groups in total. The van der Waals surface area contributed by atoms with Crippen molar-refractivity contribution in [3.63, 3.8) is 0 Å². The minimum atomic E-state index is -0.772. The quantitative estimate of drug-likeness (QED) is 0.161. The van der Waals surface area contributed by atoms with Crippen LogP contribution >= 0.6 is 22.9 Å². The number of allylic oxidation sites excluding steroid dienone is 1. The molecular formula is C33H25ClN4O6S. The van der Waals surface area contributed by atoms with E-state index in [1.807, 2.05) is 37.3 Å². The van der Waals surface area contributed by atoms with E-state index in [1.54, 1.807) is 55.5 Å². The van der Waals surface area contributed by atoms with Crippen molar-refractivity contribution in [2.75, 3.05) is 11.9 Å². The number of nitrogens with zero attached hydrogens (tertiary/aromatic N) is 3. The van der Waals surface area contributed by atoms with E-state index in [1.165, 1.54) is 16.7 Å². The fourth-order valence-electron chi connectivity index (χ4n) is 5.13. The summed E-state index contributed by atoms with van der Waals surface area (Å²) in [6.07, 6.45) is 1.56. The molecule has 1 aliphatic heterocycles. The summed E-state index contributed by atoms with van der Waals surface area (Å²) < 4.78 is 13.4. The van der Waals surface area contributed by atoms with Crippen LogP contribution in [0.25, 0.3) is 17.4 Å². The van der Waals surface area contributed by atoms with Crippen molar-refractivity contribution in [3.05, 3.63) is 142 Å². The molecule has 2 aromatic heterocycles. The molecular weight excluding hydrogens is 616 g/mol. The molecule has 226 valence electrons. The third-order valence-corrected chi connectivity index (χ3v) is 8.34. The molecule has 1 amide bonds. The van der Waals surface area contributed by atoms with Crippen LogP contribution in [0.4, 0.5) is 11.4 Å². The number of rotatable bonds is 8. The van der Waals surface area contributed by atoms with Gasteiger partial charge in [0.25, 0.3) is 17.2 Å². The highest BCUT2D eigenvalue weighted by molar-refractivity contribution is 7.07. The van der Waals surface area contributed by atoms with Crippen molar-refractivity contribution in [1.29, 1.82) is 0 Å². The monoisotopic (exact) mass is 640 g/mol. The number of fused-ring (bicyclic) bond motifs is 1. The van der Waals surface area contributed by atoms with Gasteiger partial charge in [-0.05, 0) is 67.9 Å². The summed E-state index contributed by atoms with van der Waals surface area (Å²) in [6.45, 7) is 4.14. The summed E-state index contributed by atoms with van der Waals surface area (Å²) in [5.74, 6) is 0.852. The van der Waals surface area contributed by atoms with E-state index in [9.17, 15) is 19.7 Å². The fourth-order valence-corrected chi connectivity index (χ4v) is 6.32. The molecule has 1 atom stereocenters. The summed E-state index contributed by atoms with van der Waals surface area (Å²) >= 11 is 7.12. The molecule has 0 unspecified atom stereocenters. The first-order valence-electron chi connectivity index (χ1n) is 13.9. The maximum atomic E-state index is 14.0. The topological polar surface area (TPSA) is 129 Å². The molecule has 0 saturated carbocycles. The lowest BCUT2D eigenvalue weighted by Crippen LogP contribution is -2.40. The van der Waals surface area contributed by atoms with Crippen molar-refractivity contribution in [2.45, 2.75) is 19.9 Å². The number of hydrogen-bond acceptors (Lipinski definition) is 8. The zero-order chi connectivity index (χ0) is 31.7. The Morgan fingerprint density at radius 1 is 1.13 bits per heavy atom. The zero-order valence-corrected chi connectivity index (χ0v) is 25.6. The van der Waals surface area contributed by atoms with E-state index in [2.05, 4.69) is 10.3 Å². The molecule has 5 aromatic rings. The minimum absolute atomic E-state index is 0.199. The predicted molar refractivity (Wildman–Crippen MR) is 172 cm³/mol. The first-order valence-corrected chi connectivity index (χ1v) is 15.1. The summed E-state index contributed by atoms with van der Waals surface area (Å²) in [5.41, 5.74) is 1.81. The highest BCUT2D eigenvalue weighted by atomic mass is 35.5. The number of para-hydroxylation sites is 1. The third kappa shape index (κ3) is 5.95. The number of aromatic nitrogens is 1. The second-order valence-electron chi connectivity index (χ2n) is 10.0. The van der Waals surface area contributed by atoms with E-state index in [-0.39, 0.29) is 33.5 Å². The maximum Gasteiger partial charge on any atom is 0.281 e. The van der Waals surface area contributed by atoms with Gasteiger partial charge in [0, 0.05) is 22.9 Å². The molecule has 0 saturated heterocycles. The highest BCUT2D eigenvalue weighted by Gasteiger charge is 2.32. The number of furan rings is 1. The average molecular weight is 641 g/mol. The first kappa shape index (κ1) is 29.8. The zero-order valence-electron chi connectivity index (χ0n) is 24.0. The standard InChI is InChI=1S/C33H25ClN4O6S/c1-3-43-23-12-9-20(10-13-23)30-29(31(39)36-22-7-5-4-6-8-22)19(2)35-33-37(30)32(40)28(45-33)18-24-14-16-27(44-24)25-15-11-21(34)17-26(25)38(41)42/h4-18,30H,3H2,1-2H3,(H,36,39)/b28-18-/t30-/m0/s1. The number of halogens is 1. The summed E-state index contributed by atoms with van der Waals surface area (Å²) in [5, 5.41) is 14.8. The smallest absolute Gasteiger partial charge is 0.281 e. The number of nitro groups is 1. The Hall–Kier alpha value is -5.26. The Morgan fingerprint density at radius 3 is 2.60 bits per heavy atom. The summed E-state index contributed by atoms with van der Waals surface area (Å²) in [7, 11) is 0.